The maximum Gasteiger partial charge on any atom is 0.261 e. The summed E-state index contributed by atoms with van der Waals surface area (Å²) in [6, 6.07) is 31.7. The van der Waals surface area contributed by atoms with Gasteiger partial charge in [0.05, 0.1) is 24.0 Å². The summed E-state index contributed by atoms with van der Waals surface area (Å²) in [7, 11) is -1.76. The Hall–Kier alpha value is -4.18. The van der Waals surface area contributed by atoms with E-state index in [2.05, 4.69) is 60.0 Å². The minimum absolute atomic E-state index is 0.0175. The Labute approximate surface area is 266 Å². The Morgan fingerprint density at radius 1 is 0.956 bits per heavy atom. The molecular formula is C36H41N3O5S. The summed E-state index contributed by atoms with van der Waals surface area (Å²) in [5, 5.41) is 9.96. The Kier molecular flexibility index (Phi) is 10.2. The van der Waals surface area contributed by atoms with Crippen LogP contribution in [-0.4, -0.2) is 68.1 Å². The van der Waals surface area contributed by atoms with Crippen molar-refractivity contribution in [3.8, 4) is 16.9 Å². The lowest BCUT2D eigenvalue weighted by Gasteiger charge is -2.34. The highest BCUT2D eigenvalue weighted by atomic mass is 32.2. The van der Waals surface area contributed by atoms with Crippen molar-refractivity contribution in [2.75, 3.05) is 31.5 Å². The molecule has 4 aromatic carbocycles. The molecule has 9 heteroatoms. The number of sulfonamides is 1. The molecule has 236 valence electrons. The molecule has 4 aromatic rings. The summed E-state index contributed by atoms with van der Waals surface area (Å²) in [6.45, 7) is 5.46. The van der Waals surface area contributed by atoms with Crippen molar-refractivity contribution >= 4 is 21.6 Å². The van der Waals surface area contributed by atoms with E-state index in [0.717, 1.165) is 0 Å². The zero-order valence-electron chi connectivity index (χ0n) is 26.0. The van der Waals surface area contributed by atoms with Crippen LogP contribution in [0.25, 0.3) is 11.1 Å². The number of nitrogens with zero attached hydrogens (tertiary/aromatic N) is 2. The van der Waals surface area contributed by atoms with Gasteiger partial charge in [-0.3, -0.25) is 14.4 Å². The molecule has 1 heterocycles. The van der Waals surface area contributed by atoms with Crippen molar-refractivity contribution in [2.24, 2.45) is 5.92 Å². The van der Waals surface area contributed by atoms with E-state index in [0.29, 0.717) is 36.6 Å². The van der Waals surface area contributed by atoms with Crippen LogP contribution in [0.15, 0.2) is 108 Å². The number of fused-ring (bicyclic) bond motifs is 1. The summed E-state index contributed by atoms with van der Waals surface area (Å²) >= 11 is 0. The second-order valence-corrected chi connectivity index (χ2v) is 13.6. The molecule has 45 heavy (non-hydrogen) atoms. The molecule has 0 bridgehead atoms. The number of benzene rings is 4. The van der Waals surface area contributed by atoms with Crippen molar-refractivity contribution < 1.29 is 23.1 Å². The molecule has 0 saturated heterocycles. The van der Waals surface area contributed by atoms with Crippen molar-refractivity contribution in [2.45, 2.75) is 43.9 Å². The molecule has 0 unspecified atom stereocenters. The van der Waals surface area contributed by atoms with E-state index in [4.69, 9.17) is 4.74 Å². The molecule has 8 nitrogen and oxygen atoms in total. The van der Waals surface area contributed by atoms with Gasteiger partial charge < -0.3 is 14.7 Å². The van der Waals surface area contributed by atoms with Crippen LogP contribution in [0.4, 0.5) is 5.69 Å². The first-order valence-electron chi connectivity index (χ1n) is 15.2. The molecule has 1 aliphatic heterocycles. The number of aliphatic hydroxyl groups is 1. The third-order valence-corrected chi connectivity index (χ3v) is 9.62. The minimum atomic E-state index is -3.81. The van der Waals surface area contributed by atoms with Gasteiger partial charge in [-0.05, 0) is 61.0 Å². The number of nitrogens with one attached hydrogen (secondary N) is 1. The summed E-state index contributed by atoms with van der Waals surface area (Å²) in [6.07, 6.45) is -0.257. The molecule has 0 saturated carbocycles. The smallest absolute Gasteiger partial charge is 0.261 e. The van der Waals surface area contributed by atoms with Gasteiger partial charge in [0.1, 0.15) is 11.9 Å². The highest BCUT2D eigenvalue weighted by Crippen LogP contribution is 2.30. The van der Waals surface area contributed by atoms with E-state index in [-0.39, 0.29) is 41.9 Å². The lowest BCUT2D eigenvalue weighted by atomic mass is 10.0. The quantitative estimate of drug-likeness (QED) is 0.243. The number of aliphatic hydroxyl groups excluding tert-OH is 1. The normalized spacial score (nSPS) is 17.9. The first-order valence-corrected chi connectivity index (χ1v) is 16.7. The number of hydrogen-bond acceptors (Lipinski definition) is 6. The largest absolute Gasteiger partial charge is 0.488 e. The van der Waals surface area contributed by atoms with Crippen LogP contribution in [-0.2, 0) is 27.8 Å². The zero-order chi connectivity index (χ0) is 32.0. The number of carbonyl (C=O) groups is 1. The van der Waals surface area contributed by atoms with E-state index in [9.17, 15) is 18.3 Å². The van der Waals surface area contributed by atoms with Gasteiger partial charge >= 0.3 is 0 Å². The van der Waals surface area contributed by atoms with Crippen LogP contribution < -0.4 is 9.46 Å². The molecule has 1 amide bonds. The lowest BCUT2D eigenvalue weighted by molar-refractivity contribution is -0.134. The average molecular weight is 628 g/mol. The second kappa shape index (κ2) is 14.3. The Morgan fingerprint density at radius 3 is 2.27 bits per heavy atom. The van der Waals surface area contributed by atoms with Gasteiger partial charge in [-0.15, -0.1) is 0 Å². The van der Waals surface area contributed by atoms with Crippen LogP contribution in [0.5, 0.6) is 5.75 Å². The number of amides is 1. The molecule has 0 spiro atoms. The Morgan fingerprint density at radius 2 is 1.60 bits per heavy atom. The van der Waals surface area contributed by atoms with Crippen LogP contribution >= 0.6 is 0 Å². The fraction of sp³-hybridized carbons (Fsp3) is 0.306. The number of carbonyl (C=O) groups excluding carboxylic acids is 1. The average Bonchev–Trinajstić information content (AvgIpc) is 3.09. The molecule has 5 rings (SSSR count). The first kappa shape index (κ1) is 32.2. The Bertz CT molecular complexity index is 1680. The number of rotatable bonds is 10. The standard InChI is InChI=1S/C36H41N3O5S/c1-26-22-39(27(2)25-40)36(41)21-31-20-32(37-45(42,43)33-12-8-5-9-13-33)18-19-34(31)44-35(26)24-38(3)23-28-14-16-30(17-15-28)29-10-6-4-7-11-29/h4-20,26-27,35,37,40H,21-25H2,1-3H3/t26-,27+,35-/m0/s1. The summed E-state index contributed by atoms with van der Waals surface area (Å²) in [5.74, 6) is 0.346. The fourth-order valence-corrected chi connectivity index (χ4v) is 6.71. The minimum Gasteiger partial charge on any atom is -0.488 e. The molecule has 2 N–H and O–H groups in total. The van der Waals surface area contributed by atoms with E-state index < -0.39 is 10.0 Å². The van der Waals surface area contributed by atoms with Crippen LogP contribution in [0.1, 0.15) is 25.0 Å². The second-order valence-electron chi connectivity index (χ2n) is 11.9. The molecule has 0 radical (unpaired) electrons. The lowest BCUT2D eigenvalue weighted by Crippen LogP contribution is -2.47. The molecule has 3 atom stereocenters. The van der Waals surface area contributed by atoms with Crippen molar-refractivity contribution in [3.63, 3.8) is 0 Å². The van der Waals surface area contributed by atoms with E-state index in [1.807, 2.05) is 25.1 Å². The summed E-state index contributed by atoms with van der Waals surface area (Å²) in [5.41, 5.74) is 4.45. The Balaban J connectivity index is 1.37. The molecule has 0 aliphatic carbocycles. The summed E-state index contributed by atoms with van der Waals surface area (Å²) in [4.78, 5) is 17.6. The summed E-state index contributed by atoms with van der Waals surface area (Å²) < 4.78 is 35.3. The maximum absolute atomic E-state index is 13.6. The third kappa shape index (κ3) is 8.11. The SMILES string of the molecule is C[C@H](CO)N1C[C@H](C)[C@H](CN(C)Cc2ccc(-c3ccccc3)cc2)Oc2ccc(NS(=O)(=O)c3ccccc3)cc2CC1=O. The highest BCUT2D eigenvalue weighted by molar-refractivity contribution is 7.92. The van der Waals surface area contributed by atoms with Crippen LogP contribution in [0, 0.1) is 5.92 Å². The monoisotopic (exact) mass is 627 g/mol. The highest BCUT2D eigenvalue weighted by Gasteiger charge is 2.31. The molecular weight excluding hydrogens is 586 g/mol. The van der Waals surface area contributed by atoms with Gasteiger partial charge in [0.2, 0.25) is 5.91 Å². The van der Waals surface area contributed by atoms with E-state index >= 15 is 0 Å². The van der Waals surface area contributed by atoms with Crippen molar-refractivity contribution in [1.82, 2.24) is 9.80 Å². The van der Waals surface area contributed by atoms with E-state index in [1.165, 1.54) is 28.8 Å². The predicted molar refractivity (Wildman–Crippen MR) is 177 cm³/mol. The number of likely N-dealkylation sites (N-methyl/N-ethyl adjacent to an activating group) is 1. The van der Waals surface area contributed by atoms with Gasteiger partial charge in [0.25, 0.3) is 10.0 Å². The van der Waals surface area contributed by atoms with Crippen molar-refractivity contribution in [3.05, 3.63) is 114 Å². The van der Waals surface area contributed by atoms with Gasteiger partial charge in [-0.25, -0.2) is 8.42 Å². The van der Waals surface area contributed by atoms with Crippen LogP contribution in [0.3, 0.4) is 0 Å². The zero-order valence-corrected chi connectivity index (χ0v) is 26.8. The van der Waals surface area contributed by atoms with Gasteiger partial charge in [0.15, 0.2) is 0 Å². The van der Waals surface area contributed by atoms with Gasteiger partial charge in [-0.1, -0.05) is 79.7 Å². The molecule has 0 fully saturated rings. The van der Waals surface area contributed by atoms with E-state index in [1.54, 1.807) is 41.3 Å². The number of hydrogen-bond donors (Lipinski definition) is 2. The molecule has 1 aliphatic rings. The maximum atomic E-state index is 13.6. The predicted octanol–water partition coefficient (Wildman–Crippen LogP) is 5.44. The van der Waals surface area contributed by atoms with Gasteiger partial charge in [0, 0.05) is 36.8 Å². The topological polar surface area (TPSA) is 99.2 Å². The van der Waals surface area contributed by atoms with Crippen LogP contribution in [0.2, 0.25) is 0 Å². The number of ether oxygens (including phenoxy) is 1. The van der Waals surface area contributed by atoms with Gasteiger partial charge in [-0.2, -0.15) is 0 Å². The number of anilines is 1. The molecule has 0 aromatic heterocycles. The first-order chi connectivity index (χ1) is 21.6. The third-order valence-electron chi connectivity index (χ3n) is 8.23. The van der Waals surface area contributed by atoms with Crippen molar-refractivity contribution in [1.29, 1.82) is 0 Å². The fourth-order valence-electron chi connectivity index (χ4n) is 5.64.